The summed E-state index contributed by atoms with van der Waals surface area (Å²) in [5, 5.41) is 0. The minimum Gasteiger partial charge on any atom is -0.496 e. The normalized spacial score (nSPS) is 10.1. The number of benzene rings is 5. The molecule has 0 aromatic heterocycles. The minimum absolute atomic E-state index is 0.861. The highest BCUT2D eigenvalue weighted by Crippen LogP contribution is 2.31. The molecule has 0 saturated carbocycles. The second kappa shape index (κ2) is 14.5. The van der Waals surface area contributed by atoms with E-state index in [1.54, 1.807) is 14.2 Å². The Morgan fingerprint density at radius 1 is 0.405 bits per heavy atom. The Morgan fingerprint density at radius 2 is 0.738 bits per heavy atom. The molecule has 0 heterocycles. The zero-order chi connectivity index (χ0) is 29.0. The van der Waals surface area contributed by atoms with E-state index in [2.05, 4.69) is 84.3 Å². The minimum atomic E-state index is 0.861. The number of aryl methyl sites for hydroxylation is 4. The molecule has 0 amide bonds. The van der Waals surface area contributed by atoms with Gasteiger partial charge in [0.15, 0.2) is 0 Å². The summed E-state index contributed by atoms with van der Waals surface area (Å²) in [6.07, 6.45) is 3.54. The lowest BCUT2D eigenvalue weighted by Gasteiger charge is -2.15. The first-order valence-electron chi connectivity index (χ1n) is 14.3. The summed E-state index contributed by atoms with van der Waals surface area (Å²) in [5.41, 5.74) is 8.90. The monoisotopic (exact) mass is 546 g/mol. The predicted octanol–water partition coefficient (Wildman–Crippen LogP) is 8.07. The number of ether oxygens (including phenoxy) is 2. The van der Waals surface area contributed by atoms with E-state index in [0.717, 1.165) is 70.6 Å². The highest BCUT2D eigenvalue weighted by molar-refractivity contribution is 5.48. The summed E-state index contributed by atoms with van der Waals surface area (Å²) in [6.45, 7) is 0. The van der Waals surface area contributed by atoms with Crippen LogP contribution in [-0.4, -0.2) is 14.2 Å². The first-order valence-corrected chi connectivity index (χ1v) is 14.3. The first-order chi connectivity index (χ1) is 20.7. The molecule has 0 aliphatic carbocycles. The molecule has 42 heavy (non-hydrogen) atoms. The van der Waals surface area contributed by atoms with Crippen LogP contribution in [0, 0.1) is 23.7 Å². The summed E-state index contributed by atoms with van der Waals surface area (Å²) < 4.78 is 11.6. The third kappa shape index (κ3) is 7.94. The van der Waals surface area contributed by atoms with E-state index in [-0.39, 0.29) is 0 Å². The molecule has 0 radical (unpaired) electrons. The Morgan fingerprint density at radius 3 is 1.07 bits per heavy atom. The Balaban J connectivity index is 1.20. The van der Waals surface area contributed by atoms with Crippen molar-refractivity contribution < 1.29 is 9.47 Å². The van der Waals surface area contributed by atoms with E-state index in [4.69, 9.17) is 9.47 Å². The van der Waals surface area contributed by atoms with Gasteiger partial charge in [-0.3, -0.25) is 0 Å². The van der Waals surface area contributed by atoms with Crippen molar-refractivity contribution in [3.63, 3.8) is 0 Å². The summed E-state index contributed by atoms with van der Waals surface area (Å²) >= 11 is 0. The van der Waals surface area contributed by atoms with Crippen LogP contribution in [0.4, 0.5) is 0 Å². The van der Waals surface area contributed by atoms with E-state index in [1.807, 2.05) is 60.7 Å². The van der Waals surface area contributed by atoms with Crippen molar-refractivity contribution in [2.75, 3.05) is 14.2 Å². The molecule has 0 fully saturated rings. The zero-order valence-corrected chi connectivity index (χ0v) is 24.2. The van der Waals surface area contributed by atoms with Gasteiger partial charge in [-0.05, 0) is 109 Å². The van der Waals surface area contributed by atoms with Crippen LogP contribution in [-0.2, 0) is 25.7 Å². The standard InChI is InChI=1S/C40H34O2/c1-41-39-29-38(28-26-36-23-19-34(20-24-36)16-14-32-11-7-4-8-12-32)40(42-2)30-37(39)27-25-35-21-17-33(18-22-35)15-13-31-9-5-3-6-10-31/h3-12,17-24,29-30H,25-28H2,1-2H3. The molecule has 5 aromatic carbocycles. The molecule has 0 aliphatic rings. The molecular weight excluding hydrogens is 512 g/mol. The Kier molecular flexibility index (Phi) is 9.76. The molecule has 0 aliphatic heterocycles. The average molecular weight is 547 g/mol. The van der Waals surface area contributed by atoms with Gasteiger partial charge in [0.25, 0.3) is 0 Å². The van der Waals surface area contributed by atoms with Crippen LogP contribution in [0.5, 0.6) is 11.5 Å². The van der Waals surface area contributed by atoms with E-state index in [1.165, 1.54) is 11.1 Å². The second-order valence-electron chi connectivity index (χ2n) is 10.1. The van der Waals surface area contributed by atoms with Crippen LogP contribution in [0.2, 0.25) is 0 Å². The quantitative estimate of drug-likeness (QED) is 0.183. The maximum atomic E-state index is 5.81. The van der Waals surface area contributed by atoms with Gasteiger partial charge in [0.05, 0.1) is 14.2 Å². The maximum Gasteiger partial charge on any atom is 0.122 e. The van der Waals surface area contributed by atoms with Crippen LogP contribution in [0.3, 0.4) is 0 Å². The van der Waals surface area contributed by atoms with Gasteiger partial charge in [-0.25, -0.2) is 0 Å². The van der Waals surface area contributed by atoms with Gasteiger partial charge in [-0.1, -0.05) is 84.3 Å². The summed E-state index contributed by atoms with van der Waals surface area (Å²) in [6, 6.07) is 41.4. The van der Waals surface area contributed by atoms with Gasteiger partial charge in [-0.2, -0.15) is 0 Å². The Bertz CT molecular complexity index is 1580. The smallest absolute Gasteiger partial charge is 0.122 e. The first kappa shape index (κ1) is 28.4. The van der Waals surface area contributed by atoms with E-state index in [9.17, 15) is 0 Å². The molecular formula is C40H34O2. The van der Waals surface area contributed by atoms with Gasteiger partial charge in [0.2, 0.25) is 0 Å². The highest BCUT2D eigenvalue weighted by atomic mass is 16.5. The zero-order valence-electron chi connectivity index (χ0n) is 24.2. The number of rotatable bonds is 8. The van der Waals surface area contributed by atoms with Crippen LogP contribution in [0.15, 0.2) is 121 Å². The number of hydrogen-bond acceptors (Lipinski definition) is 2. The lowest BCUT2D eigenvalue weighted by atomic mass is 9.97. The molecule has 2 nitrogen and oxygen atoms in total. The summed E-state index contributed by atoms with van der Waals surface area (Å²) in [4.78, 5) is 0. The predicted molar refractivity (Wildman–Crippen MR) is 172 cm³/mol. The molecule has 5 rings (SSSR count). The van der Waals surface area contributed by atoms with Crippen molar-refractivity contribution in [2.45, 2.75) is 25.7 Å². The van der Waals surface area contributed by atoms with Crippen LogP contribution in [0.1, 0.15) is 44.5 Å². The molecule has 0 saturated heterocycles. The fourth-order valence-electron chi connectivity index (χ4n) is 4.81. The number of methoxy groups -OCH3 is 2. The lowest BCUT2D eigenvalue weighted by Crippen LogP contribution is -2.01. The third-order valence-electron chi connectivity index (χ3n) is 7.21. The molecule has 206 valence electrons. The topological polar surface area (TPSA) is 18.5 Å². The molecule has 0 spiro atoms. The fourth-order valence-corrected chi connectivity index (χ4v) is 4.81. The van der Waals surface area contributed by atoms with Gasteiger partial charge in [0.1, 0.15) is 11.5 Å². The van der Waals surface area contributed by atoms with Gasteiger partial charge < -0.3 is 9.47 Å². The van der Waals surface area contributed by atoms with Crippen molar-refractivity contribution in [1.82, 2.24) is 0 Å². The molecule has 0 bridgehead atoms. The average Bonchev–Trinajstić information content (AvgIpc) is 3.06. The van der Waals surface area contributed by atoms with Crippen LogP contribution in [0.25, 0.3) is 0 Å². The van der Waals surface area contributed by atoms with Crippen LogP contribution < -0.4 is 9.47 Å². The van der Waals surface area contributed by atoms with Crippen molar-refractivity contribution in [1.29, 1.82) is 0 Å². The van der Waals surface area contributed by atoms with E-state index in [0.29, 0.717) is 0 Å². The Hall–Kier alpha value is -5.18. The highest BCUT2D eigenvalue weighted by Gasteiger charge is 2.12. The summed E-state index contributed by atoms with van der Waals surface area (Å²) in [5.74, 6) is 14.7. The number of hydrogen-bond donors (Lipinski definition) is 0. The van der Waals surface area contributed by atoms with Gasteiger partial charge >= 0.3 is 0 Å². The van der Waals surface area contributed by atoms with Crippen molar-refractivity contribution in [2.24, 2.45) is 0 Å². The summed E-state index contributed by atoms with van der Waals surface area (Å²) in [7, 11) is 3.48. The van der Waals surface area contributed by atoms with Crippen molar-refractivity contribution in [3.05, 3.63) is 166 Å². The largest absolute Gasteiger partial charge is 0.496 e. The van der Waals surface area contributed by atoms with Crippen LogP contribution >= 0.6 is 0 Å². The van der Waals surface area contributed by atoms with Gasteiger partial charge in [-0.15, -0.1) is 0 Å². The molecule has 0 atom stereocenters. The second-order valence-corrected chi connectivity index (χ2v) is 10.1. The molecule has 0 N–H and O–H groups in total. The third-order valence-corrected chi connectivity index (χ3v) is 7.21. The maximum absolute atomic E-state index is 5.81. The van der Waals surface area contributed by atoms with Gasteiger partial charge in [0, 0.05) is 22.3 Å². The SMILES string of the molecule is COc1cc(CCc2ccc(C#Cc3ccccc3)cc2)c(OC)cc1CCc1ccc(C#Cc2ccccc2)cc1. The molecule has 2 heteroatoms. The van der Waals surface area contributed by atoms with E-state index >= 15 is 0 Å². The van der Waals surface area contributed by atoms with E-state index < -0.39 is 0 Å². The molecule has 5 aromatic rings. The molecule has 0 unspecified atom stereocenters. The fraction of sp³-hybridized carbons (Fsp3) is 0.150. The lowest BCUT2D eigenvalue weighted by molar-refractivity contribution is 0.394. The van der Waals surface area contributed by atoms with Crippen molar-refractivity contribution in [3.8, 4) is 35.2 Å². The van der Waals surface area contributed by atoms with Crippen molar-refractivity contribution >= 4 is 0 Å². The Labute approximate surface area is 250 Å².